The van der Waals surface area contributed by atoms with Gasteiger partial charge in [-0.2, -0.15) is 5.10 Å². The average Bonchev–Trinajstić information content (AvgIpc) is 3.15. The van der Waals surface area contributed by atoms with Crippen LogP contribution in [-0.4, -0.2) is 22.0 Å². The maximum Gasteiger partial charge on any atom is 0.340 e. The van der Waals surface area contributed by atoms with Crippen LogP contribution in [-0.2, 0) is 11.3 Å². The fourth-order valence-electron chi connectivity index (χ4n) is 2.18. The molecule has 0 amide bonds. The first kappa shape index (κ1) is 16.6. The molecule has 122 valence electrons. The van der Waals surface area contributed by atoms with Gasteiger partial charge >= 0.3 is 5.97 Å². The normalized spacial score (nSPS) is 10.6. The highest BCUT2D eigenvalue weighted by Crippen LogP contribution is 2.24. The average molecular weight is 359 g/mol. The second-order valence-electron chi connectivity index (χ2n) is 5.04. The third-order valence-electron chi connectivity index (χ3n) is 3.47. The number of rotatable bonds is 5. The van der Waals surface area contributed by atoms with Crippen molar-refractivity contribution < 1.29 is 9.53 Å². The van der Waals surface area contributed by atoms with Gasteiger partial charge in [-0.05, 0) is 48.2 Å². The summed E-state index contributed by atoms with van der Waals surface area (Å²) in [4.78, 5) is 13.2. The lowest BCUT2D eigenvalue weighted by molar-refractivity contribution is 0.0472. The smallest absolute Gasteiger partial charge is 0.340 e. The van der Waals surface area contributed by atoms with Gasteiger partial charge in [-0.3, -0.25) is 0 Å². The summed E-state index contributed by atoms with van der Waals surface area (Å²) in [7, 11) is 0. The minimum Gasteiger partial charge on any atom is -0.457 e. The van der Waals surface area contributed by atoms with Crippen LogP contribution in [0.25, 0.3) is 5.69 Å². The molecule has 0 atom stereocenters. The van der Waals surface area contributed by atoms with E-state index in [9.17, 15) is 4.79 Å². The van der Waals surface area contributed by atoms with E-state index in [1.165, 1.54) is 0 Å². The van der Waals surface area contributed by atoms with Crippen LogP contribution in [0.5, 0.6) is 0 Å². The Morgan fingerprint density at radius 3 is 2.71 bits per heavy atom. The molecule has 0 fully saturated rings. The zero-order valence-corrected chi connectivity index (χ0v) is 14.6. The van der Waals surface area contributed by atoms with Gasteiger partial charge in [0.2, 0.25) is 0 Å². The Kier molecular flexibility index (Phi) is 5.23. The molecule has 2 aromatic carbocycles. The first-order chi connectivity index (χ1) is 11.7. The third-order valence-corrected chi connectivity index (χ3v) is 4.52. The van der Waals surface area contributed by atoms with Gasteiger partial charge in [0.1, 0.15) is 6.61 Å². The highest BCUT2D eigenvalue weighted by atomic mass is 35.5. The maximum atomic E-state index is 12.2. The van der Waals surface area contributed by atoms with E-state index in [-0.39, 0.29) is 6.61 Å². The zero-order valence-electron chi connectivity index (χ0n) is 13.0. The minimum atomic E-state index is -0.424. The van der Waals surface area contributed by atoms with Crippen LogP contribution in [0.15, 0.2) is 65.8 Å². The van der Waals surface area contributed by atoms with Gasteiger partial charge in [0.05, 0.1) is 16.3 Å². The number of halogens is 1. The lowest BCUT2D eigenvalue weighted by atomic mass is 10.2. The van der Waals surface area contributed by atoms with E-state index in [1.807, 2.05) is 48.9 Å². The van der Waals surface area contributed by atoms with E-state index < -0.39 is 5.97 Å². The summed E-state index contributed by atoms with van der Waals surface area (Å²) >= 11 is 7.64. The number of thioether (sulfide) groups is 1. The van der Waals surface area contributed by atoms with Crippen molar-refractivity contribution in [1.29, 1.82) is 0 Å². The molecule has 1 aromatic heterocycles. The molecule has 0 saturated heterocycles. The van der Waals surface area contributed by atoms with Crippen LogP contribution < -0.4 is 0 Å². The summed E-state index contributed by atoms with van der Waals surface area (Å²) in [5.74, 6) is -0.424. The Labute approximate surface area is 149 Å². The Morgan fingerprint density at radius 2 is 2.04 bits per heavy atom. The van der Waals surface area contributed by atoms with Crippen molar-refractivity contribution in [1.82, 2.24) is 9.78 Å². The van der Waals surface area contributed by atoms with Gasteiger partial charge in [-0.1, -0.05) is 23.7 Å². The molecule has 6 heteroatoms. The summed E-state index contributed by atoms with van der Waals surface area (Å²) in [6, 6.07) is 14.9. The lowest BCUT2D eigenvalue weighted by Crippen LogP contribution is -2.06. The van der Waals surface area contributed by atoms with E-state index in [2.05, 4.69) is 5.10 Å². The molecule has 1 heterocycles. The monoisotopic (exact) mass is 358 g/mol. The van der Waals surface area contributed by atoms with Gasteiger partial charge in [0.15, 0.2) is 0 Å². The van der Waals surface area contributed by atoms with Crippen LogP contribution in [0.2, 0.25) is 5.02 Å². The Morgan fingerprint density at radius 1 is 1.25 bits per heavy atom. The summed E-state index contributed by atoms with van der Waals surface area (Å²) in [6.07, 6.45) is 5.54. The SMILES string of the molecule is CSc1ccc(Cl)c(C(=O)OCc2ccc(-n3cccn3)cc2)c1. The number of nitrogens with zero attached hydrogens (tertiary/aromatic N) is 2. The molecule has 0 saturated carbocycles. The molecule has 3 rings (SSSR count). The van der Waals surface area contributed by atoms with Crippen molar-refractivity contribution in [2.75, 3.05) is 6.26 Å². The van der Waals surface area contributed by atoms with E-state index >= 15 is 0 Å². The highest BCUT2D eigenvalue weighted by Gasteiger charge is 2.13. The quantitative estimate of drug-likeness (QED) is 0.493. The molecule has 0 unspecified atom stereocenters. The molecule has 3 aromatic rings. The number of esters is 1. The van der Waals surface area contributed by atoms with Crippen LogP contribution in [0.4, 0.5) is 0 Å². The highest BCUT2D eigenvalue weighted by molar-refractivity contribution is 7.98. The van der Waals surface area contributed by atoms with Crippen LogP contribution in [0, 0.1) is 0 Å². The molecule has 0 aliphatic heterocycles. The van der Waals surface area contributed by atoms with Crippen LogP contribution in [0.3, 0.4) is 0 Å². The van der Waals surface area contributed by atoms with E-state index in [0.29, 0.717) is 10.6 Å². The molecule has 24 heavy (non-hydrogen) atoms. The Balaban J connectivity index is 1.66. The van der Waals surface area contributed by atoms with Crippen molar-refractivity contribution in [3.63, 3.8) is 0 Å². The molecule has 0 spiro atoms. The van der Waals surface area contributed by atoms with Crippen molar-refractivity contribution in [3.05, 3.63) is 77.1 Å². The van der Waals surface area contributed by atoms with Gasteiger partial charge in [0.25, 0.3) is 0 Å². The number of ether oxygens (including phenoxy) is 1. The van der Waals surface area contributed by atoms with Crippen molar-refractivity contribution in [2.24, 2.45) is 0 Å². The van der Waals surface area contributed by atoms with Gasteiger partial charge < -0.3 is 4.74 Å². The zero-order chi connectivity index (χ0) is 16.9. The second kappa shape index (κ2) is 7.55. The number of benzene rings is 2. The summed E-state index contributed by atoms with van der Waals surface area (Å²) < 4.78 is 7.14. The summed E-state index contributed by atoms with van der Waals surface area (Å²) in [5.41, 5.74) is 2.24. The van der Waals surface area contributed by atoms with Crippen molar-refractivity contribution in [2.45, 2.75) is 11.5 Å². The number of aromatic nitrogens is 2. The van der Waals surface area contributed by atoms with E-state index in [4.69, 9.17) is 16.3 Å². The summed E-state index contributed by atoms with van der Waals surface area (Å²) in [6.45, 7) is 0.193. The fourth-order valence-corrected chi connectivity index (χ4v) is 2.82. The lowest BCUT2D eigenvalue weighted by Gasteiger charge is -2.08. The van der Waals surface area contributed by atoms with Crippen molar-refractivity contribution >= 4 is 29.3 Å². The Hall–Kier alpha value is -2.24. The number of carbonyl (C=O) groups is 1. The Bertz CT molecular complexity index is 833. The predicted octanol–water partition coefficient (Wildman–Crippen LogP) is 4.60. The molecular formula is C18H15ClN2O2S. The van der Waals surface area contributed by atoms with Gasteiger partial charge in [-0.15, -0.1) is 11.8 Å². The van der Waals surface area contributed by atoms with Crippen LogP contribution in [0.1, 0.15) is 15.9 Å². The largest absolute Gasteiger partial charge is 0.457 e. The van der Waals surface area contributed by atoms with Gasteiger partial charge in [0, 0.05) is 17.3 Å². The summed E-state index contributed by atoms with van der Waals surface area (Å²) in [5, 5.41) is 4.57. The molecule has 0 radical (unpaired) electrons. The predicted molar refractivity (Wildman–Crippen MR) is 95.9 cm³/mol. The standard InChI is InChI=1S/C18H15ClN2O2S/c1-24-15-7-8-17(19)16(11-15)18(22)23-12-13-3-5-14(6-4-13)21-10-2-9-20-21/h2-11H,12H2,1H3. The van der Waals surface area contributed by atoms with E-state index in [1.54, 1.807) is 34.8 Å². The van der Waals surface area contributed by atoms with E-state index in [0.717, 1.165) is 16.1 Å². The number of carbonyl (C=O) groups excluding carboxylic acids is 1. The fraction of sp³-hybridized carbons (Fsp3) is 0.111. The molecule has 0 aliphatic rings. The molecule has 0 aliphatic carbocycles. The van der Waals surface area contributed by atoms with Crippen LogP contribution >= 0.6 is 23.4 Å². The first-order valence-corrected chi connectivity index (χ1v) is 8.87. The number of hydrogen-bond donors (Lipinski definition) is 0. The second-order valence-corrected chi connectivity index (χ2v) is 6.33. The van der Waals surface area contributed by atoms with Crippen molar-refractivity contribution in [3.8, 4) is 5.69 Å². The molecule has 4 nitrogen and oxygen atoms in total. The van der Waals surface area contributed by atoms with Gasteiger partial charge in [-0.25, -0.2) is 9.48 Å². The maximum absolute atomic E-state index is 12.2. The molecule has 0 bridgehead atoms. The molecule has 0 N–H and O–H groups in total. The number of hydrogen-bond acceptors (Lipinski definition) is 4. The third kappa shape index (κ3) is 3.80. The first-order valence-electron chi connectivity index (χ1n) is 7.27. The topological polar surface area (TPSA) is 44.1 Å². The minimum absolute atomic E-state index is 0.193. The molecular weight excluding hydrogens is 344 g/mol.